The minimum atomic E-state index is -0.285. The lowest BCUT2D eigenvalue weighted by Gasteiger charge is -2.10. The van der Waals surface area contributed by atoms with Gasteiger partial charge in [-0.25, -0.2) is 14.4 Å². The number of nitrogens with zero attached hydrogens (tertiary/aromatic N) is 2. The van der Waals surface area contributed by atoms with Gasteiger partial charge >= 0.3 is 0 Å². The van der Waals surface area contributed by atoms with Crippen LogP contribution in [-0.4, -0.2) is 15.9 Å². The van der Waals surface area contributed by atoms with Crippen molar-refractivity contribution < 1.29 is 9.18 Å². The van der Waals surface area contributed by atoms with E-state index >= 15 is 0 Å². The minimum Gasteiger partial charge on any atom is -0.366 e. The van der Waals surface area contributed by atoms with Crippen LogP contribution >= 0.6 is 0 Å². The predicted molar refractivity (Wildman–Crippen MR) is 103 cm³/mol. The van der Waals surface area contributed by atoms with Crippen molar-refractivity contribution in [1.29, 1.82) is 0 Å². The summed E-state index contributed by atoms with van der Waals surface area (Å²) in [6.45, 7) is 4.41. The van der Waals surface area contributed by atoms with E-state index in [1.54, 1.807) is 31.2 Å². The third-order valence-electron chi connectivity index (χ3n) is 4.19. The number of hydrogen-bond acceptors (Lipinski definition) is 4. The summed E-state index contributed by atoms with van der Waals surface area (Å²) >= 11 is 0. The molecule has 1 aromatic heterocycles. The summed E-state index contributed by atoms with van der Waals surface area (Å²) in [6.07, 6.45) is 0. The van der Waals surface area contributed by atoms with Crippen LogP contribution in [0.25, 0.3) is 0 Å². The Morgan fingerprint density at radius 1 is 0.963 bits per heavy atom. The van der Waals surface area contributed by atoms with Crippen LogP contribution in [0.2, 0.25) is 0 Å². The SMILES string of the molecule is Cc1nc(NCc2ccccc2F)cc(C(=O)NCc2ccccc2C)n1. The summed E-state index contributed by atoms with van der Waals surface area (Å²) < 4.78 is 13.7. The molecule has 0 aliphatic rings. The normalized spacial score (nSPS) is 10.5. The lowest BCUT2D eigenvalue weighted by atomic mass is 10.1. The number of aromatic nitrogens is 2. The minimum absolute atomic E-state index is 0.270. The second-order valence-electron chi connectivity index (χ2n) is 6.24. The molecule has 1 heterocycles. The molecule has 0 fully saturated rings. The van der Waals surface area contributed by atoms with E-state index in [9.17, 15) is 9.18 Å². The summed E-state index contributed by atoms with van der Waals surface area (Å²) in [5.74, 6) is 0.381. The summed E-state index contributed by atoms with van der Waals surface area (Å²) in [7, 11) is 0. The molecule has 0 saturated carbocycles. The van der Waals surface area contributed by atoms with Gasteiger partial charge in [0.05, 0.1) is 0 Å². The fourth-order valence-electron chi connectivity index (χ4n) is 2.68. The Hall–Kier alpha value is -3.28. The molecule has 2 N–H and O–H groups in total. The van der Waals surface area contributed by atoms with Crippen LogP contribution in [0, 0.1) is 19.7 Å². The number of aryl methyl sites for hydroxylation is 2. The van der Waals surface area contributed by atoms with Gasteiger partial charge in [-0.2, -0.15) is 0 Å². The Kier molecular flexibility index (Phi) is 5.76. The Balaban J connectivity index is 1.68. The molecule has 5 nitrogen and oxygen atoms in total. The van der Waals surface area contributed by atoms with Crippen molar-refractivity contribution >= 4 is 11.7 Å². The molecule has 0 bridgehead atoms. The number of anilines is 1. The van der Waals surface area contributed by atoms with E-state index in [1.165, 1.54) is 6.07 Å². The maximum absolute atomic E-state index is 13.7. The van der Waals surface area contributed by atoms with Crippen molar-refractivity contribution in [2.45, 2.75) is 26.9 Å². The van der Waals surface area contributed by atoms with E-state index in [4.69, 9.17) is 0 Å². The molecule has 3 aromatic rings. The number of carbonyl (C=O) groups is 1. The van der Waals surface area contributed by atoms with Gasteiger partial charge in [0.1, 0.15) is 23.2 Å². The summed E-state index contributed by atoms with van der Waals surface area (Å²) in [5.41, 5.74) is 2.96. The number of rotatable bonds is 6. The second kappa shape index (κ2) is 8.40. The highest BCUT2D eigenvalue weighted by atomic mass is 19.1. The van der Waals surface area contributed by atoms with E-state index in [2.05, 4.69) is 20.6 Å². The quantitative estimate of drug-likeness (QED) is 0.699. The van der Waals surface area contributed by atoms with Crippen molar-refractivity contribution in [2.75, 3.05) is 5.32 Å². The third kappa shape index (κ3) is 4.88. The number of carbonyl (C=O) groups excluding carboxylic acids is 1. The molecule has 27 heavy (non-hydrogen) atoms. The third-order valence-corrected chi connectivity index (χ3v) is 4.19. The molecule has 1 amide bonds. The van der Waals surface area contributed by atoms with Crippen LogP contribution in [0.3, 0.4) is 0 Å². The van der Waals surface area contributed by atoms with E-state index in [1.807, 2.05) is 31.2 Å². The first-order chi connectivity index (χ1) is 13.0. The van der Waals surface area contributed by atoms with E-state index in [0.29, 0.717) is 23.8 Å². The number of halogens is 1. The van der Waals surface area contributed by atoms with Crippen molar-refractivity contribution in [3.63, 3.8) is 0 Å². The fourth-order valence-corrected chi connectivity index (χ4v) is 2.68. The standard InChI is InChI=1S/C21H21FN4O/c1-14-7-3-4-8-16(14)12-24-21(27)19-11-20(26-15(2)25-19)23-13-17-9-5-6-10-18(17)22/h3-11H,12-13H2,1-2H3,(H,24,27)(H,23,25,26). The van der Waals surface area contributed by atoms with Gasteiger partial charge in [0, 0.05) is 24.7 Å². The zero-order chi connectivity index (χ0) is 19.2. The average molecular weight is 364 g/mol. The molecule has 0 atom stereocenters. The smallest absolute Gasteiger partial charge is 0.270 e. The first kappa shape index (κ1) is 18.5. The van der Waals surface area contributed by atoms with E-state index in [0.717, 1.165) is 11.1 Å². The number of benzene rings is 2. The maximum atomic E-state index is 13.7. The topological polar surface area (TPSA) is 66.9 Å². The Bertz CT molecular complexity index is 958. The summed E-state index contributed by atoms with van der Waals surface area (Å²) in [4.78, 5) is 20.9. The number of hydrogen-bond donors (Lipinski definition) is 2. The first-order valence-corrected chi connectivity index (χ1v) is 8.68. The second-order valence-corrected chi connectivity index (χ2v) is 6.24. The van der Waals surface area contributed by atoms with Crippen molar-refractivity contribution in [2.24, 2.45) is 0 Å². The maximum Gasteiger partial charge on any atom is 0.270 e. The van der Waals surface area contributed by atoms with Crippen LogP contribution < -0.4 is 10.6 Å². The highest BCUT2D eigenvalue weighted by Crippen LogP contribution is 2.12. The lowest BCUT2D eigenvalue weighted by Crippen LogP contribution is -2.25. The zero-order valence-corrected chi connectivity index (χ0v) is 15.3. The van der Waals surface area contributed by atoms with E-state index in [-0.39, 0.29) is 24.0 Å². The summed E-state index contributed by atoms with van der Waals surface area (Å²) in [5, 5.41) is 5.93. The molecule has 2 aromatic carbocycles. The summed E-state index contributed by atoms with van der Waals surface area (Å²) in [6, 6.07) is 16.0. The highest BCUT2D eigenvalue weighted by Gasteiger charge is 2.11. The van der Waals surface area contributed by atoms with Crippen LogP contribution in [0.1, 0.15) is 33.0 Å². The predicted octanol–water partition coefficient (Wildman–Crippen LogP) is 3.77. The van der Waals surface area contributed by atoms with Crippen LogP contribution in [-0.2, 0) is 13.1 Å². The van der Waals surface area contributed by atoms with Gasteiger partial charge in [-0.15, -0.1) is 0 Å². The molecular weight excluding hydrogens is 343 g/mol. The van der Waals surface area contributed by atoms with Crippen LogP contribution in [0.5, 0.6) is 0 Å². The van der Waals surface area contributed by atoms with Gasteiger partial charge < -0.3 is 10.6 Å². The van der Waals surface area contributed by atoms with Gasteiger partial charge in [0.25, 0.3) is 5.91 Å². The van der Waals surface area contributed by atoms with Crippen molar-refractivity contribution in [3.8, 4) is 0 Å². The van der Waals surface area contributed by atoms with Gasteiger partial charge in [-0.1, -0.05) is 42.5 Å². The molecule has 0 unspecified atom stereocenters. The fraction of sp³-hybridized carbons (Fsp3) is 0.190. The Labute approximate surface area is 157 Å². The van der Waals surface area contributed by atoms with Crippen LogP contribution in [0.4, 0.5) is 10.2 Å². The average Bonchev–Trinajstić information content (AvgIpc) is 2.66. The van der Waals surface area contributed by atoms with Gasteiger partial charge in [-0.3, -0.25) is 4.79 Å². The molecule has 138 valence electrons. The van der Waals surface area contributed by atoms with Crippen molar-refractivity contribution in [3.05, 3.63) is 88.6 Å². The zero-order valence-electron chi connectivity index (χ0n) is 15.3. The first-order valence-electron chi connectivity index (χ1n) is 8.68. The molecule has 0 radical (unpaired) electrons. The number of amides is 1. The number of nitrogens with one attached hydrogen (secondary N) is 2. The largest absolute Gasteiger partial charge is 0.366 e. The Morgan fingerprint density at radius 2 is 1.67 bits per heavy atom. The molecule has 0 aliphatic heterocycles. The van der Waals surface area contributed by atoms with Crippen LogP contribution in [0.15, 0.2) is 54.6 Å². The van der Waals surface area contributed by atoms with Gasteiger partial charge in [-0.05, 0) is 31.0 Å². The van der Waals surface area contributed by atoms with Gasteiger partial charge in [0.2, 0.25) is 0 Å². The Morgan fingerprint density at radius 3 is 2.41 bits per heavy atom. The monoisotopic (exact) mass is 364 g/mol. The highest BCUT2D eigenvalue weighted by molar-refractivity contribution is 5.92. The van der Waals surface area contributed by atoms with Crippen molar-refractivity contribution in [1.82, 2.24) is 15.3 Å². The molecule has 0 saturated heterocycles. The molecule has 0 aliphatic carbocycles. The van der Waals surface area contributed by atoms with E-state index < -0.39 is 0 Å². The molecule has 6 heteroatoms. The molecule has 0 spiro atoms. The molecular formula is C21H21FN4O. The lowest BCUT2D eigenvalue weighted by molar-refractivity contribution is 0.0945. The molecule has 3 rings (SSSR count). The van der Waals surface area contributed by atoms with Gasteiger partial charge in [0.15, 0.2) is 0 Å².